The van der Waals surface area contributed by atoms with Crippen LogP contribution in [0.25, 0.3) is 11.0 Å². The first-order chi connectivity index (χ1) is 11.1. The van der Waals surface area contributed by atoms with Crippen LogP contribution in [0.4, 0.5) is 5.82 Å². The summed E-state index contributed by atoms with van der Waals surface area (Å²) in [5.74, 6) is 1.71. The molecular weight excluding hydrogens is 290 g/mol. The third kappa shape index (κ3) is 2.86. The van der Waals surface area contributed by atoms with Gasteiger partial charge in [0.2, 0.25) is 0 Å². The van der Waals surface area contributed by atoms with E-state index < -0.39 is 0 Å². The number of fused-ring (bicyclic) bond motifs is 1. The van der Waals surface area contributed by atoms with Gasteiger partial charge in [-0.2, -0.15) is 5.10 Å². The standard InChI is InChI=1S/C16H21N7/c1-5-12(16-19-9-20-23(16)6-2)22-15-13-10(3)7-11(4)21-14(13)17-8-18-15/h7-9,12H,5-6H2,1-4H3,(H,17,18,21,22). The Labute approximate surface area is 135 Å². The molecule has 0 aliphatic rings. The highest BCUT2D eigenvalue weighted by Gasteiger charge is 2.18. The van der Waals surface area contributed by atoms with Gasteiger partial charge in [-0.1, -0.05) is 6.92 Å². The smallest absolute Gasteiger partial charge is 0.165 e. The minimum Gasteiger partial charge on any atom is -0.359 e. The molecule has 3 heterocycles. The number of nitrogens with one attached hydrogen (secondary N) is 1. The SMILES string of the molecule is CCC(Nc1ncnc2nc(C)cc(C)c12)c1ncnn1CC. The van der Waals surface area contributed by atoms with Crippen molar-refractivity contribution in [2.75, 3.05) is 5.32 Å². The van der Waals surface area contributed by atoms with Crippen molar-refractivity contribution in [1.29, 1.82) is 0 Å². The highest BCUT2D eigenvalue weighted by Crippen LogP contribution is 2.27. The van der Waals surface area contributed by atoms with Crippen molar-refractivity contribution in [3.63, 3.8) is 0 Å². The summed E-state index contributed by atoms with van der Waals surface area (Å²) in [5.41, 5.74) is 2.78. The fraction of sp³-hybridized carbons (Fsp3) is 0.438. The van der Waals surface area contributed by atoms with E-state index in [1.807, 2.05) is 17.7 Å². The predicted octanol–water partition coefficient (Wildman–Crippen LogP) is 2.82. The number of aryl methyl sites for hydroxylation is 3. The number of anilines is 1. The van der Waals surface area contributed by atoms with Crippen LogP contribution in [0, 0.1) is 13.8 Å². The fourth-order valence-electron chi connectivity index (χ4n) is 2.82. The second kappa shape index (κ2) is 6.28. The second-order valence-electron chi connectivity index (χ2n) is 5.54. The normalized spacial score (nSPS) is 12.5. The zero-order valence-corrected chi connectivity index (χ0v) is 13.9. The van der Waals surface area contributed by atoms with Crippen LogP contribution in [0.2, 0.25) is 0 Å². The van der Waals surface area contributed by atoms with Crippen LogP contribution >= 0.6 is 0 Å². The molecule has 0 aliphatic heterocycles. The number of hydrogen-bond acceptors (Lipinski definition) is 6. The molecule has 3 aromatic heterocycles. The summed E-state index contributed by atoms with van der Waals surface area (Å²) in [5, 5.41) is 8.71. The first kappa shape index (κ1) is 15.3. The molecule has 0 aromatic carbocycles. The topological polar surface area (TPSA) is 81.4 Å². The van der Waals surface area contributed by atoms with Crippen molar-refractivity contribution in [3.8, 4) is 0 Å². The maximum absolute atomic E-state index is 4.50. The van der Waals surface area contributed by atoms with Crippen LogP contribution < -0.4 is 5.32 Å². The summed E-state index contributed by atoms with van der Waals surface area (Å²) >= 11 is 0. The van der Waals surface area contributed by atoms with Gasteiger partial charge in [0, 0.05) is 12.2 Å². The number of nitrogens with zero attached hydrogens (tertiary/aromatic N) is 6. The van der Waals surface area contributed by atoms with Crippen molar-refractivity contribution in [2.24, 2.45) is 0 Å². The zero-order chi connectivity index (χ0) is 16.4. The maximum Gasteiger partial charge on any atom is 0.165 e. The quantitative estimate of drug-likeness (QED) is 0.780. The van der Waals surface area contributed by atoms with Crippen LogP contribution in [-0.4, -0.2) is 29.7 Å². The Hall–Kier alpha value is -2.57. The summed E-state index contributed by atoms with van der Waals surface area (Å²) in [6.07, 6.45) is 4.02. The number of pyridine rings is 1. The molecule has 0 fully saturated rings. The molecule has 120 valence electrons. The Kier molecular flexibility index (Phi) is 4.18. The Bertz CT molecular complexity index is 824. The lowest BCUT2D eigenvalue weighted by Crippen LogP contribution is -2.17. The molecule has 0 bridgehead atoms. The Morgan fingerprint density at radius 3 is 2.70 bits per heavy atom. The maximum atomic E-state index is 4.50. The third-order valence-electron chi connectivity index (χ3n) is 3.91. The summed E-state index contributed by atoms with van der Waals surface area (Å²) < 4.78 is 1.90. The van der Waals surface area contributed by atoms with Gasteiger partial charge in [0.25, 0.3) is 0 Å². The monoisotopic (exact) mass is 311 g/mol. The van der Waals surface area contributed by atoms with Crippen LogP contribution in [0.15, 0.2) is 18.7 Å². The van der Waals surface area contributed by atoms with Crippen LogP contribution in [-0.2, 0) is 6.54 Å². The van der Waals surface area contributed by atoms with E-state index in [-0.39, 0.29) is 6.04 Å². The van der Waals surface area contributed by atoms with Gasteiger partial charge >= 0.3 is 0 Å². The van der Waals surface area contributed by atoms with E-state index in [1.165, 1.54) is 0 Å². The lowest BCUT2D eigenvalue weighted by Gasteiger charge is -2.18. The van der Waals surface area contributed by atoms with Gasteiger partial charge in [-0.3, -0.25) is 0 Å². The fourth-order valence-corrected chi connectivity index (χ4v) is 2.82. The largest absolute Gasteiger partial charge is 0.359 e. The molecule has 7 nitrogen and oxygen atoms in total. The average molecular weight is 311 g/mol. The van der Waals surface area contributed by atoms with E-state index in [0.717, 1.165) is 41.3 Å². The van der Waals surface area contributed by atoms with Crippen LogP contribution in [0.1, 0.15) is 43.4 Å². The summed E-state index contributed by atoms with van der Waals surface area (Å²) in [7, 11) is 0. The molecule has 1 atom stereocenters. The van der Waals surface area contributed by atoms with Crippen molar-refractivity contribution in [2.45, 2.75) is 46.7 Å². The van der Waals surface area contributed by atoms with E-state index in [9.17, 15) is 0 Å². The van der Waals surface area contributed by atoms with Gasteiger partial charge in [0.1, 0.15) is 24.3 Å². The molecule has 1 unspecified atom stereocenters. The minimum atomic E-state index is 0.0382. The van der Waals surface area contributed by atoms with Crippen LogP contribution in [0.3, 0.4) is 0 Å². The van der Waals surface area contributed by atoms with E-state index in [4.69, 9.17) is 0 Å². The van der Waals surface area contributed by atoms with Crippen LogP contribution in [0.5, 0.6) is 0 Å². The molecule has 7 heteroatoms. The lowest BCUT2D eigenvalue weighted by molar-refractivity contribution is 0.568. The zero-order valence-electron chi connectivity index (χ0n) is 13.9. The molecule has 23 heavy (non-hydrogen) atoms. The highest BCUT2D eigenvalue weighted by molar-refractivity contribution is 5.89. The molecule has 1 N–H and O–H groups in total. The van der Waals surface area contributed by atoms with Gasteiger partial charge < -0.3 is 5.32 Å². The lowest BCUT2D eigenvalue weighted by atomic mass is 10.1. The van der Waals surface area contributed by atoms with Crippen molar-refractivity contribution in [1.82, 2.24) is 29.7 Å². The molecule has 0 saturated heterocycles. The van der Waals surface area contributed by atoms with E-state index >= 15 is 0 Å². The van der Waals surface area contributed by atoms with Gasteiger partial charge in [-0.05, 0) is 38.8 Å². The summed E-state index contributed by atoms with van der Waals surface area (Å²) in [6, 6.07) is 2.09. The molecule has 0 spiro atoms. The number of aromatic nitrogens is 6. The van der Waals surface area contributed by atoms with Crippen molar-refractivity contribution >= 4 is 16.9 Å². The molecule has 0 amide bonds. The number of hydrogen-bond donors (Lipinski definition) is 1. The van der Waals surface area contributed by atoms with Crippen molar-refractivity contribution < 1.29 is 0 Å². The summed E-state index contributed by atoms with van der Waals surface area (Å²) in [6.45, 7) is 8.99. The predicted molar refractivity (Wildman–Crippen MR) is 89.2 cm³/mol. The van der Waals surface area contributed by atoms with Gasteiger partial charge in [-0.25, -0.2) is 24.6 Å². The van der Waals surface area contributed by atoms with E-state index in [0.29, 0.717) is 5.65 Å². The van der Waals surface area contributed by atoms with Gasteiger partial charge in [0.15, 0.2) is 5.65 Å². The average Bonchev–Trinajstić information content (AvgIpc) is 3.00. The Balaban J connectivity index is 2.03. The Morgan fingerprint density at radius 1 is 1.13 bits per heavy atom. The van der Waals surface area contributed by atoms with E-state index in [1.54, 1.807) is 12.7 Å². The minimum absolute atomic E-state index is 0.0382. The second-order valence-corrected chi connectivity index (χ2v) is 5.54. The molecule has 3 aromatic rings. The first-order valence-electron chi connectivity index (χ1n) is 7.87. The van der Waals surface area contributed by atoms with Gasteiger partial charge in [0.05, 0.1) is 11.4 Å². The van der Waals surface area contributed by atoms with Gasteiger partial charge in [-0.15, -0.1) is 0 Å². The van der Waals surface area contributed by atoms with E-state index in [2.05, 4.69) is 51.1 Å². The molecule has 3 rings (SSSR count). The molecule has 0 radical (unpaired) electrons. The first-order valence-corrected chi connectivity index (χ1v) is 7.87. The number of rotatable bonds is 5. The molecule has 0 aliphatic carbocycles. The molecular formula is C16H21N7. The van der Waals surface area contributed by atoms with Crippen molar-refractivity contribution in [3.05, 3.63) is 35.8 Å². The molecule has 0 saturated carbocycles. The Morgan fingerprint density at radius 2 is 1.96 bits per heavy atom. The summed E-state index contributed by atoms with van der Waals surface area (Å²) in [4.78, 5) is 17.6. The highest BCUT2D eigenvalue weighted by atomic mass is 15.3. The third-order valence-corrected chi connectivity index (χ3v) is 3.91.